The van der Waals surface area contributed by atoms with Gasteiger partial charge in [0, 0.05) is 36.8 Å². The molecule has 25 heavy (non-hydrogen) atoms. The van der Waals surface area contributed by atoms with E-state index >= 15 is 0 Å². The summed E-state index contributed by atoms with van der Waals surface area (Å²) in [6.07, 6.45) is 6.06. The van der Waals surface area contributed by atoms with Crippen LogP contribution in [0.1, 0.15) is 48.0 Å². The minimum Gasteiger partial charge on any atom is -0.339 e. The van der Waals surface area contributed by atoms with Crippen molar-refractivity contribution < 1.29 is 9.59 Å². The third-order valence-electron chi connectivity index (χ3n) is 5.42. The SMILES string of the molecule is Cl.O=C1CCc2cc(C(=O)N3CCC(NCC4CC4)CC3)ccc2N1. The molecular formula is C19H26ClN3O2. The Morgan fingerprint density at radius 2 is 1.92 bits per heavy atom. The van der Waals surface area contributed by atoms with E-state index in [2.05, 4.69) is 10.6 Å². The van der Waals surface area contributed by atoms with Gasteiger partial charge in [0.15, 0.2) is 0 Å². The minimum atomic E-state index is 0. The van der Waals surface area contributed by atoms with E-state index in [4.69, 9.17) is 0 Å². The molecule has 0 aromatic heterocycles. The van der Waals surface area contributed by atoms with Gasteiger partial charge >= 0.3 is 0 Å². The number of nitrogens with one attached hydrogen (secondary N) is 2. The molecule has 0 atom stereocenters. The number of likely N-dealkylation sites (tertiary alicyclic amines) is 1. The summed E-state index contributed by atoms with van der Waals surface area (Å²) in [5, 5.41) is 6.52. The number of piperidine rings is 1. The lowest BCUT2D eigenvalue weighted by atomic mass is 9.99. The first kappa shape index (κ1) is 18.2. The van der Waals surface area contributed by atoms with Crippen LogP contribution in [0.3, 0.4) is 0 Å². The third kappa shape index (κ3) is 4.33. The lowest BCUT2D eigenvalue weighted by molar-refractivity contribution is -0.116. The highest BCUT2D eigenvalue weighted by Crippen LogP contribution is 2.28. The zero-order valence-corrected chi connectivity index (χ0v) is 15.2. The van der Waals surface area contributed by atoms with Gasteiger partial charge in [-0.05, 0) is 68.3 Å². The van der Waals surface area contributed by atoms with Crippen LogP contribution in [-0.4, -0.2) is 42.4 Å². The molecule has 1 saturated heterocycles. The minimum absolute atomic E-state index is 0. The highest BCUT2D eigenvalue weighted by atomic mass is 35.5. The van der Waals surface area contributed by atoms with Crippen LogP contribution in [0.25, 0.3) is 0 Å². The van der Waals surface area contributed by atoms with E-state index in [9.17, 15) is 9.59 Å². The van der Waals surface area contributed by atoms with Crippen molar-refractivity contribution in [1.82, 2.24) is 10.2 Å². The molecule has 6 heteroatoms. The Balaban J connectivity index is 0.00000182. The number of hydrogen-bond donors (Lipinski definition) is 2. The third-order valence-corrected chi connectivity index (χ3v) is 5.42. The molecule has 1 aromatic carbocycles. The average molecular weight is 364 g/mol. The van der Waals surface area contributed by atoms with E-state index in [1.165, 1.54) is 12.8 Å². The smallest absolute Gasteiger partial charge is 0.253 e. The molecule has 136 valence electrons. The second-order valence-electron chi connectivity index (χ2n) is 7.34. The van der Waals surface area contributed by atoms with Gasteiger partial charge in [0.25, 0.3) is 5.91 Å². The highest BCUT2D eigenvalue weighted by Gasteiger charge is 2.27. The number of hydrogen-bond acceptors (Lipinski definition) is 3. The fourth-order valence-corrected chi connectivity index (χ4v) is 3.64. The number of carbonyl (C=O) groups excluding carboxylic acids is 2. The first-order valence-electron chi connectivity index (χ1n) is 9.14. The van der Waals surface area contributed by atoms with Gasteiger partial charge in [-0.1, -0.05) is 0 Å². The number of carbonyl (C=O) groups is 2. The van der Waals surface area contributed by atoms with Gasteiger partial charge in [-0.25, -0.2) is 0 Å². The lowest BCUT2D eigenvalue weighted by Crippen LogP contribution is -2.45. The van der Waals surface area contributed by atoms with E-state index in [0.717, 1.165) is 61.6 Å². The molecule has 0 radical (unpaired) electrons. The van der Waals surface area contributed by atoms with Crippen LogP contribution in [0.15, 0.2) is 18.2 Å². The Hall–Kier alpha value is -1.59. The number of aryl methyl sites for hydroxylation is 1. The molecule has 2 amide bonds. The van der Waals surface area contributed by atoms with Crippen molar-refractivity contribution in [3.63, 3.8) is 0 Å². The van der Waals surface area contributed by atoms with E-state index in [1.54, 1.807) is 0 Å². The van der Waals surface area contributed by atoms with Crippen molar-refractivity contribution in [2.45, 2.75) is 44.6 Å². The number of anilines is 1. The van der Waals surface area contributed by atoms with Crippen molar-refractivity contribution in [2.75, 3.05) is 25.0 Å². The number of halogens is 1. The van der Waals surface area contributed by atoms with E-state index in [0.29, 0.717) is 12.5 Å². The lowest BCUT2D eigenvalue weighted by Gasteiger charge is -2.33. The van der Waals surface area contributed by atoms with Crippen LogP contribution < -0.4 is 10.6 Å². The van der Waals surface area contributed by atoms with Gasteiger partial charge in [-0.2, -0.15) is 0 Å². The number of amides is 2. The molecule has 2 heterocycles. The highest BCUT2D eigenvalue weighted by molar-refractivity contribution is 5.98. The predicted molar refractivity (Wildman–Crippen MR) is 100 cm³/mol. The van der Waals surface area contributed by atoms with Crippen molar-refractivity contribution in [1.29, 1.82) is 0 Å². The summed E-state index contributed by atoms with van der Waals surface area (Å²) in [6.45, 7) is 2.80. The van der Waals surface area contributed by atoms with Crippen molar-refractivity contribution >= 4 is 29.9 Å². The van der Waals surface area contributed by atoms with Gasteiger partial charge in [-0.15, -0.1) is 12.4 Å². The first-order valence-corrected chi connectivity index (χ1v) is 9.14. The number of benzene rings is 1. The standard InChI is InChI=1S/C19H25N3O2.ClH/c23-18-6-4-14-11-15(3-5-17(14)21-18)19(24)22-9-7-16(8-10-22)20-12-13-1-2-13;/h3,5,11,13,16,20H,1-2,4,6-10,12H2,(H,21,23);1H. The summed E-state index contributed by atoms with van der Waals surface area (Å²) < 4.78 is 0. The van der Waals surface area contributed by atoms with Gasteiger partial charge in [-0.3, -0.25) is 9.59 Å². The second kappa shape index (κ2) is 7.75. The molecule has 2 N–H and O–H groups in total. The molecule has 1 saturated carbocycles. The van der Waals surface area contributed by atoms with Crippen LogP contribution in [0.5, 0.6) is 0 Å². The normalized spacial score (nSPS) is 20.5. The Morgan fingerprint density at radius 1 is 1.16 bits per heavy atom. The number of fused-ring (bicyclic) bond motifs is 1. The summed E-state index contributed by atoms with van der Waals surface area (Å²) in [4.78, 5) is 26.2. The van der Waals surface area contributed by atoms with Crippen LogP contribution in [0.4, 0.5) is 5.69 Å². The molecular weight excluding hydrogens is 338 g/mol. The number of rotatable bonds is 4. The van der Waals surface area contributed by atoms with Gasteiger partial charge in [0.05, 0.1) is 0 Å². The quantitative estimate of drug-likeness (QED) is 0.864. The maximum absolute atomic E-state index is 12.8. The van der Waals surface area contributed by atoms with Crippen LogP contribution in [0, 0.1) is 5.92 Å². The molecule has 3 aliphatic rings. The van der Waals surface area contributed by atoms with Gasteiger partial charge in [0.2, 0.25) is 5.91 Å². The molecule has 5 nitrogen and oxygen atoms in total. The molecule has 0 spiro atoms. The topological polar surface area (TPSA) is 61.4 Å². The molecule has 1 aliphatic carbocycles. The Morgan fingerprint density at radius 3 is 2.64 bits per heavy atom. The van der Waals surface area contributed by atoms with Crippen LogP contribution in [-0.2, 0) is 11.2 Å². The fraction of sp³-hybridized carbons (Fsp3) is 0.579. The van der Waals surface area contributed by atoms with E-state index in [1.807, 2.05) is 23.1 Å². The first-order chi connectivity index (χ1) is 11.7. The summed E-state index contributed by atoms with van der Waals surface area (Å²) >= 11 is 0. The van der Waals surface area contributed by atoms with Crippen molar-refractivity contribution in [3.8, 4) is 0 Å². The summed E-state index contributed by atoms with van der Waals surface area (Å²) in [6, 6.07) is 6.22. The predicted octanol–water partition coefficient (Wildman–Crippen LogP) is 2.60. The monoisotopic (exact) mass is 363 g/mol. The fourth-order valence-electron chi connectivity index (χ4n) is 3.64. The maximum Gasteiger partial charge on any atom is 0.253 e. The van der Waals surface area contributed by atoms with Crippen molar-refractivity contribution in [3.05, 3.63) is 29.3 Å². The zero-order chi connectivity index (χ0) is 16.5. The summed E-state index contributed by atoms with van der Waals surface area (Å²) in [7, 11) is 0. The van der Waals surface area contributed by atoms with Gasteiger partial charge in [0.1, 0.15) is 0 Å². The maximum atomic E-state index is 12.8. The summed E-state index contributed by atoms with van der Waals surface area (Å²) in [5.41, 5.74) is 2.67. The van der Waals surface area contributed by atoms with Crippen LogP contribution in [0.2, 0.25) is 0 Å². The molecule has 0 bridgehead atoms. The molecule has 2 aliphatic heterocycles. The molecule has 2 fully saturated rings. The van der Waals surface area contributed by atoms with E-state index in [-0.39, 0.29) is 24.2 Å². The average Bonchev–Trinajstić information content (AvgIpc) is 3.44. The number of nitrogens with zero attached hydrogens (tertiary/aromatic N) is 1. The van der Waals surface area contributed by atoms with Crippen LogP contribution >= 0.6 is 12.4 Å². The molecule has 4 rings (SSSR count). The Labute approximate surface area is 154 Å². The molecule has 1 aromatic rings. The summed E-state index contributed by atoms with van der Waals surface area (Å²) in [5.74, 6) is 1.08. The largest absolute Gasteiger partial charge is 0.339 e. The van der Waals surface area contributed by atoms with Gasteiger partial charge < -0.3 is 15.5 Å². The zero-order valence-electron chi connectivity index (χ0n) is 14.4. The second-order valence-corrected chi connectivity index (χ2v) is 7.34. The Bertz CT molecular complexity index is 652. The Kier molecular flexibility index (Phi) is 5.64. The van der Waals surface area contributed by atoms with Crippen molar-refractivity contribution in [2.24, 2.45) is 5.92 Å². The molecule has 0 unspecified atom stereocenters. The van der Waals surface area contributed by atoms with E-state index < -0.39 is 0 Å².